The summed E-state index contributed by atoms with van der Waals surface area (Å²) in [7, 11) is 0. The number of nitrogens with zero attached hydrogens (tertiary/aromatic N) is 3. The van der Waals surface area contributed by atoms with Crippen molar-refractivity contribution >= 4 is 11.6 Å². The van der Waals surface area contributed by atoms with E-state index in [1.807, 2.05) is 42.8 Å². The molecule has 3 aromatic rings. The van der Waals surface area contributed by atoms with Crippen LogP contribution in [0.25, 0.3) is 5.69 Å². The molecule has 4 rings (SSSR count). The first-order chi connectivity index (χ1) is 15.0. The first-order valence-corrected chi connectivity index (χ1v) is 11.2. The Kier molecular flexibility index (Phi) is 6.52. The van der Waals surface area contributed by atoms with Gasteiger partial charge in [0.1, 0.15) is 0 Å². The Balaban J connectivity index is 1.28. The number of nitrogens with one attached hydrogen (secondary N) is 1. The van der Waals surface area contributed by atoms with Crippen molar-refractivity contribution in [3.8, 4) is 5.69 Å². The average molecular weight is 417 g/mol. The van der Waals surface area contributed by atoms with Crippen LogP contribution < -0.4 is 5.32 Å². The molecule has 1 N–H and O–H groups in total. The quantitative estimate of drug-likeness (QED) is 0.619. The largest absolute Gasteiger partial charge is 0.326 e. The number of amides is 1. The maximum absolute atomic E-state index is 12.8. The number of carbonyl (C=O) groups is 1. The summed E-state index contributed by atoms with van der Waals surface area (Å²) in [6.07, 6.45) is 1.83. The lowest BCUT2D eigenvalue weighted by atomic mass is 9.94. The van der Waals surface area contributed by atoms with Crippen molar-refractivity contribution in [1.29, 1.82) is 0 Å². The zero-order valence-corrected chi connectivity index (χ0v) is 18.7. The highest BCUT2D eigenvalue weighted by Gasteiger charge is 2.26. The highest BCUT2D eigenvalue weighted by molar-refractivity contribution is 5.92. The van der Waals surface area contributed by atoms with Crippen LogP contribution in [0, 0.1) is 19.8 Å². The number of hydrogen-bond acceptors (Lipinski definition) is 3. The maximum atomic E-state index is 12.8. The molecule has 5 nitrogen and oxygen atoms in total. The fraction of sp³-hybridized carbons (Fsp3) is 0.385. The summed E-state index contributed by atoms with van der Waals surface area (Å²) in [5, 5.41) is 7.62. The van der Waals surface area contributed by atoms with Crippen molar-refractivity contribution in [3.63, 3.8) is 0 Å². The molecule has 1 amide bonds. The molecular formula is C26H32N4O. The van der Waals surface area contributed by atoms with E-state index in [1.165, 1.54) is 5.56 Å². The van der Waals surface area contributed by atoms with Crippen LogP contribution in [0.1, 0.15) is 42.6 Å². The predicted molar refractivity (Wildman–Crippen MR) is 126 cm³/mol. The van der Waals surface area contributed by atoms with Gasteiger partial charge in [-0.05, 0) is 81.6 Å². The van der Waals surface area contributed by atoms with E-state index in [9.17, 15) is 4.79 Å². The Bertz CT molecular complexity index is 1000. The van der Waals surface area contributed by atoms with E-state index in [1.54, 1.807) is 0 Å². The first kappa shape index (κ1) is 21.3. The molecule has 162 valence electrons. The van der Waals surface area contributed by atoms with Gasteiger partial charge in [-0.1, -0.05) is 37.3 Å². The monoisotopic (exact) mass is 416 g/mol. The fourth-order valence-corrected chi connectivity index (χ4v) is 4.47. The second-order valence-electron chi connectivity index (χ2n) is 8.76. The number of carbonyl (C=O) groups excluding carboxylic acids is 1. The molecule has 0 spiro atoms. The Hall–Kier alpha value is -2.92. The molecule has 0 radical (unpaired) electrons. The molecule has 2 heterocycles. The van der Waals surface area contributed by atoms with Gasteiger partial charge in [0.25, 0.3) is 0 Å². The number of benzene rings is 2. The molecule has 1 atom stereocenters. The van der Waals surface area contributed by atoms with E-state index in [0.29, 0.717) is 5.92 Å². The Morgan fingerprint density at radius 1 is 1.06 bits per heavy atom. The van der Waals surface area contributed by atoms with Crippen LogP contribution in [0.2, 0.25) is 0 Å². The normalized spacial score (nSPS) is 16.2. The van der Waals surface area contributed by atoms with E-state index in [0.717, 1.165) is 55.2 Å². The summed E-state index contributed by atoms with van der Waals surface area (Å²) in [4.78, 5) is 15.3. The van der Waals surface area contributed by atoms with Crippen LogP contribution in [-0.2, 0) is 4.79 Å². The van der Waals surface area contributed by atoms with Gasteiger partial charge in [0.05, 0.1) is 11.4 Å². The lowest BCUT2D eigenvalue weighted by Gasteiger charge is -2.33. The van der Waals surface area contributed by atoms with Crippen LogP contribution in [0.5, 0.6) is 0 Å². The Morgan fingerprint density at radius 3 is 2.35 bits per heavy atom. The van der Waals surface area contributed by atoms with Gasteiger partial charge < -0.3 is 10.2 Å². The Labute approximate surface area is 185 Å². The van der Waals surface area contributed by atoms with Gasteiger partial charge in [0.2, 0.25) is 5.91 Å². The molecule has 1 unspecified atom stereocenters. The van der Waals surface area contributed by atoms with Gasteiger partial charge in [0.15, 0.2) is 0 Å². The van der Waals surface area contributed by atoms with E-state index in [-0.39, 0.29) is 11.8 Å². The summed E-state index contributed by atoms with van der Waals surface area (Å²) in [6.45, 7) is 9.32. The van der Waals surface area contributed by atoms with Gasteiger partial charge in [-0.2, -0.15) is 5.10 Å². The van der Waals surface area contributed by atoms with Gasteiger partial charge in [-0.3, -0.25) is 4.79 Å². The molecule has 0 saturated carbocycles. The third-order valence-corrected chi connectivity index (χ3v) is 6.25. The summed E-state index contributed by atoms with van der Waals surface area (Å²) in [6, 6.07) is 20.6. The van der Waals surface area contributed by atoms with E-state index in [2.05, 4.69) is 58.6 Å². The molecule has 1 aliphatic heterocycles. The van der Waals surface area contributed by atoms with Crippen molar-refractivity contribution < 1.29 is 4.79 Å². The third-order valence-electron chi connectivity index (χ3n) is 6.25. The minimum absolute atomic E-state index is 0.0824. The van der Waals surface area contributed by atoms with E-state index < -0.39 is 0 Å². The smallest absolute Gasteiger partial charge is 0.227 e. The lowest BCUT2D eigenvalue weighted by molar-refractivity contribution is -0.121. The van der Waals surface area contributed by atoms with Crippen molar-refractivity contribution in [2.45, 2.75) is 39.5 Å². The van der Waals surface area contributed by atoms with Crippen molar-refractivity contribution in [3.05, 3.63) is 77.6 Å². The minimum Gasteiger partial charge on any atom is -0.326 e. The molecule has 0 aliphatic carbocycles. The zero-order valence-electron chi connectivity index (χ0n) is 18.7. The minimum atomic E-state index is 0.0824. The second kappa shape index (κ2) is 9.48. The fourth-order valence-electron chi connectivity index (χ4n) is 4.47. The number of aryl methyl sites for hydroxylation is 2. The van der Waals surface area contributed by atoms with Crippen LogP contribution in [-0.4, -0.2) is 40.2 Å². The van der Waals surface area contributed by atoms with E-state index in [4.69, 9.17) is 0 Å². The van der Waals surface area contributed by atoms with Crippen molar-refractivity contribution in [2.24, 2.45) is 5.92 Å². The number of anilines is 1. The third kappa shape index (κ3) is 5.23. The number of aromatic nitrogens is 2. The highest BCUT2D eigenvalue weighted by Crippen LogP contribution is 2.23. The standard InChI is InChI=1S/C26H32N4O/c1-19(22-7-5-4-6-8-22)18-29-15-13-23(14-16-29)26(31)27-24-9-11-25(12-10-24)30-21(3)17-20(2)28-30/h4-12,17,19,23H,13-16,18H2,1-3H3,(H,27,31). The van der Waals surface area contributed by atoms with E-state index >= 15 is 0 Å². The topological polar surface area (TPSA) is 50.2 Å². The highest BCUT2D eigenvalue weighted by atomic mass is 16.1. The maximum Gasteiger partial charge on any atom is 0.227 e. The first-order valence-electron chi connectivity index (χ1n) is 11.2. The predicted octanol–water partition coefficient (Wildman–Crippen LogP) is 4.94. The van der Waals surface area contributed by atoms with Crippen LogP contribution in [0.3, 0.4) is 0 Å². The van der Waals surface area contributed by atoms with Crippen LogP contribution >= 0.6 is 0 Å². The number of rotatable bonds is 6. The van der Waals surface area contributed by atoms with Crippen molar-refractivity contribution in [1.82, 2.24) is 14.7 Å². The molecule has 1 aliphatic rings. The number of likely N-dealkylation sites (tertiary alicyclic amines) is 1. The van der Waals surface area contributed by atoms with Gasteiger partial charge in [-0.25, -0.2) is 4.68 Å². The summed E-state index contributed by atoms with van der Waals surface area (Å²) < 4.78 is 1.92. The summed E-state index contributed by atoms with van der Waals surface area (Å²) >= 11 is 0. The molecule has 5 heteroatoms. The van der Waals surface area contributed by atoms with Gasteiger partial charge in [-0.15, -0.1) is 0 Å². The van der Waals surface area contributed by atoms with Gasteiger partial charge >= 0.3 is 0 Å². The molecule has 1 saturated heterocycles. The van der Waals surface area contributed by atoms with Crippen LogP contribution in [0.4, 0.5) is 5.69 Å². The SMILES string of the molecule is Cc1cc(C)n(-c2ccc(NC(=O)C3CCN(CC(C)c4ccccc4)CC3)cc2)n1. The molecule has 1 fully saturated rings. The molecule has 2 aromatic carbocycles. The van der Waals surface area contributed by atoms with Gasteiger partial charge in [0, 0.05) is 23.8 Å². The van der Waals surface area contributed by atoms with Crippen LogP contribution in [0.15, 0.2) is 60.7 Å². The lowest BCUT2D eigenvalue weighted by Crippen LogP contribution is -2.39. The summed E-state index contributed by atoms with van der Waals surface area (Å²) in [5.41, 5.74) is 5.33. The zero-order chi connectivity index (χ0) is 21.8. The second-order valence-corrected chi connectivity index (χ2v) is 8.76. The van der Waals surface area contributed by atoms with Crippen molar-refractivity contribution in [2.75, 3.05) is 25.0 Å². The number of piperidine rings is 1. The summed E-state index contributed by atoms with van der Waals surface area (Å²) in [5.74, 6) is 0.723. The number of hydrogen-bond donors (Lipinski definition) is 1. The molecule has 0 bridgehead atoms. The molecule has 1 aromatic heterocycles. The molecule has 31 heavy (non-hydrogen) atoms. The Morgan fingerprint density at radius 2 is 1.74 bits per heavy atom. The molecular weight excluding hydrogens is 384 g/mol. The average Bonchev–Trinajstić information content (AvgIpc) is 3.13.